The van der Waals surface area contributed by atoms with Gasteiger partial charge >= 0.3 is 18.1 Å². The summed E-state index contributed by atoms with van der Waals surface area (Å²) in [5.74, 6) is -2.73. The molecule has 0 aliphatic rings. The third kappa shape index (κ3) is 5.94. The average Bonchev–Trinajstić information content (AvgIpc) is 2.22. The van der Waals surface area contributed by atoms with E-state index in [-0.39, 0.29) is 13.0 Å². The number of hydrogen-bond donors (Lipinski definition) is 0. The Morgan fingerprint density at radius 3 is 2.06 bits per heavy atom. The molecular weight excluding hydrogens is 241 g/mol. The fourth-order valence-corrected chi connectivity index (χ4v) is 0.895. The quantitative estimate of drug-likeness (QED) is 0.437. The van der Waals surface area contributed by atoms with Crippen LogP contribution in [0.25, 0.3) is 0 Å². The van der Waals surface area contributed by atoms with Crippen molar-refractivity contribution < 1.29 is 32.2 Å². The van der Waals surface area contributed by atoms with Crippen molar-refractivity contribution in [3.05, 3.63) is 11.6 Å². The van der Waals surface area contributed by atoms with Gasteiger partial charge in [-0.25, -0.2) is 9.59 Å². The zero-order valence-electron chi connectivity index (χ0n) is 9.47. The standard InChI is InChI=1S/C10H13F3O4/c1-3-5-7(10(11,12)13)6-17-9(15)8(14)16-4-2/h5H,3-4,6H2,1-2H3/b7-5-. The fourth-order valence-electron chi connectivity index (χ4n) is 0.895. The van der Waals surface area contributed by atoms with Gasteiger partial charge in [-0.1, -0.05) is 13.0 Å². The molecule has 7 heteroatoms. The van der Waals surface area contributed by atoms with Gasteiger partial charge in [-0.15, -0.1) is 0 Å². The summed E-state index contributed by atoms with van der Waals surface area (Å²) in [7, 11) is 0. The lowest BCUT2D eigenvalue weighted by atomic mass is 10.2. The van der Waals surface area contributed by atoms with Crippen LogP contribution in [-0.2, 0) is 19.1 Å². The summed E-state index contributed by atoms with van der Waals surface area (Å²) in [6.07, 6.45) is -3.55. The first-order valence-corrected chi connectivity index (χ1v) is 4.93. The molecule has 0 aromatic heterocycles. The number of allylic oxidation sites excluding steroid dienone is 1. The molecule has 0 spiro atoms. The molecule has 0 saturated carbocycles. The highest BCUT2D eigenvalue weighted by Gasteiger charge is 2.34. The second-order valence-corrected chi connectivity index (χ2v) is 2.93. The molecule has 0 unspecified atom stereocenters. The van der Waals surface area contributed by atoms with E-state index >= 15 is 0 Å². The van der Waals surface area contributed by atoms with E-state index < -0.39 is 30.3 Å². The number of carbonyl (C=O) groups excluding carboxylic acids is 2. The Balaban J connectivity index is 4.38. The minimum absolute atomic E-state index is 0.0507. The van der Waals surface area contributed by atoms with Crippen LogP contribution in [0.1, 0.15) is 20.3 Å². The fraction of sp³-hybridized carbons (Fsp3) is 0.600. The zero-order valence-corrected chi connectivity index (χ0v) is 9.47. The first-order valence-electron chi connectivity index (χ1n) is 4.93. The topological polar surface area (TPSA) is 52.6 Å². The van der Waals surface area contributed by atoms with Crippen LogP contribution in [0.5, 0.6) is 0 Å². The van der Waals surface area contributed by atoms with Crippen LogP contribution >= 0.6 is 0 Å². The lowest BCUT2D eigenvalue weighted by Gasteiger charge is -2.11. The molecule has 0 fully saturated rings. The number of carbonyl (C=O) groups is 2. The summed E-state index contributed by atoms with van der Waals surface area (Å²) in [5.41, 5.74) is -1.00. The first-order chi connectivity index (χ1) is 7.82. The summed E-state index contributed by atoms with van der Waals surface area (Å²) in [6.45, 7) is 1.93. The van der Waals surface area contributed by atoms with Crippen molar-refractivity contribution >= 4 is 11.9 Å². The van der Waals surface area contributed by atoms with Crippen LogP contribution in [0.3, 0.4) is 0 Å². The molecule has 0 aromatic rings. The van der Waals surface area contributed by atoms with Gasteiger partial charge in [0.15, 0.2) is 0 Å². The van der Waals surface area contributed by atoms with Gasteiger partial charge in [0.25, 0.3) is 0 Å². The molecule has 17 heavy (non-hydrogen) atoms. The molecule has 4 nitrogen and oxygen atoms in total. The van der Waals surface area contributed by atoms with Crippen LogP contribution in [0.2, 0.25) is 0 Å². The van der Waals surface area contributed by atoms with E-state index in [1.165, 1.54) is 13.8 Å². The predicted molar refractivity (Wildman–Crippen MR) is 52.0 cm³/mol. The molecule has 0 heterocycles. The van der Waals surface area contributed by atoms with E-state index in [0.717, 1.165) is 6.08 Å². The highest BCUT2D eigenvalue weighted by atomic mass is 19.4. The Kier molecular flexibility index (Phi) is 6.30. The van der Waals surface area contributed by atoms with Crippen LogP contribution in [0, 0.1) is 0 Å². The van der Waals surface area contributed by atoms with Gasteiger partial charge < -0.3 is 9.47 Å². The van der Waals surface area contributed by atoms with Crippen LogP contribution in [-0.4, -0.2) is 31.3 Å². The molecule has 0 aliphatic carbocycles. The molecule has 0 bridgehead atoms. The van der Waals surface area contributed by atoms with Gasteiger partial charge in [0.2, 0.25) is 0 Å². The number of halogens is 3. The first kappa shape index (κ1) is 15.5. The normalized spacial score (nSPS) is 12.2. The van der Waals surface area contributed by atoms with Gasteiger partial charge in [0, 0.05) is 0 Å². The molecule has 0 aromatic carbocycles. The minimum Gasteiger partial charge on any atom is -0.458 e. The minimum atomic E-state index is -4.58. The second-order valence-electron chi connectivity index (χ2n) is 2.93. The van der Waals surface area contributed by atoms with Gasteiger partial charge in [-0.05, 0) is 13.3 Å². The van der Waals surface area contributed by atoms with E-state index in [4.69, 9.17) is 0 Å². The van der Waals surface area contributed by atoms with Crippen LogP contribution < -0.4 is 0 Å². The maximum atomic E-state index is 12.3. The van der Waals surface area contributed by atoms with E-state index in [2.05, 4.69) is 9.47 Å². The molecule has 0 saturated heterocycles. The maximum absolute atomic E-state index is 12.3. The van der Waals surface area contributed by atoms with E-state index in [9.17, 15) is 22.8 Å². The Labute approximate surface area is 96.4 Å². The van der Waals surface area contributed by atoms with Crippen molar-refractivity contribution in [3.63, 3.8) is 0 Å². The summed E-state index contributed by atoms with van der Waals surface area (Å²) < 4.78 is 45.5. The third-order valence-corrected chi connectivity index (χ3v) is 1.62. The Hall–Kier alpha value is -1.53. The zero-order chi connectivity index (χ0) is 13.5. The molecule has 98 valence electrons. The van der Waals surface area contributed by atoms with Crippen LogP contribution in [0.15, 0.2) is 11.6 Å². The van der Waals surface area contributed by atoms with E-state index in [0.29, 0.717) is 0 Å². The third-order valence-electron chi connectivity index (χ3n) is 1.62. The number of esters is 2. The average molecular weight is 254 g/mol. The smallest absolute Gasteiger partial charge is 0.417 e. The number of alkyl halides is 3. The summed E-state index contributed by atoms with van der Waals surface area (Å²) in [6, 6.07) is 0. The number of rotatable bonds is 4. The number of ether oxygens (including phenoxy) is 2. The second kappa shape index (κ2) is 6.93. The van der Waals surface area contributed by atoms with Crippen molar-refractivity contribution in [2.45, 2.75) is 26.4 Å². The van der Waals surface area contributed by atoms with Crippen molar-refractivity contribution in [3.8, 4) is 0 Å². The lowest BCUT2D eigenvalue weighted by molar-refractivity contribution is -0.168. The van der Waals surface area contributed by atoms with Crippen molar-refractivity contribution in [1.82, 2.24) is 0 Å². The predicted octanol–water partition coefficient (Wildman–Crippen LogP) is 1.99. The molecule has 0 N–H and O–H groups in total. The van der Waals surface area contributed by atoms with Crippen molar-refractivity contribution in [2.24, 2.45) is 0 Å². The molecule has 0 aliphatic heterocycles. The maximum Gasteiger partial charge on any atom is 0.417 e. The molecule has 0 amide bonds. The molecular formula is C10H13F3O4. The monoisotopic (exact) mass is 254 g/mol. The van der Waals surface area contributed by atoms with E-state index in [1.54, 1.807) is 0 Å². The molecule has 0 radical (unpaired) electrons. The van der Waals surface area contributed by atoms with Gasteiger partial charge in [-0.2, -0.15) is 13.2 Å². The molecule has 0 rings (SSSR count). The van der Waals surface area contributed by atoms with Gasteiger partial charge in [0.1, 0.15) is 6.61 Å². The van der Waals surface area contributed by atoms with Crippen LogP contribution in [0.4, 0.5) is 13.2 Å². The highest BCUT2D eigenvalue weighted by Crippen LogP contribution is 2.26. The molecule has 0 atom stereocenters. The van der Waals surface area contributed by atoms with Gasteiger partial charge in [-0.3, -0.25) is 0 Å². The number of hydrogen-bond acceptors (Lipinski definition) is 4. The summed E-state index contributed by atoms with van der Waals surface area (Å²) >= 11 is 0. The Morgan fingerprint density at radius 2 is 1.65 bits per heavy atom. The highest BCUT2D eigenvalue weighted by molar-refractivity contribution is 6.29. The summed E-state index contributed by atoms with van der Waals surface area (Å²) in [5, 5.41) is 0. The largest absolute Gasteiger partial charge is 0.458 e. The van der Waals surface area contributed by atoms with Crippen molar-refractivity contribution in [2.75, 3.05) is 13.2 Å². The van der Waals surface area contributed by atoms with E-state index in [1.807, 2.05) is 0 Å². The Morgan fingerprint density at radius 1 is 1.12 bits per heavy atom. The van der Waals surface area contributed by atoms with Gasteiger partial charge in [0.05, 0.1) is 12.2 Å². The Bertz CT molecular complexity index is 307. The SMILES string of the molecule is CC/C=C(/COC(=O)C(=O)OCC)C(F)(F)F. The lowest BCUT2D eigenvalue weighted by Crippen LogP contribution is -2.24. The summed E-state index contributed by atoms with van der Waals surface area (Å²) in [4.78, 5) is 21.6. The van der Waals surface area contributed by atoms with Crippen molar-refractivity contribution in [1.29, 1.82) is 0 Å².